The van der Waals surface area contributed by atoms with E-state index < -0.39 is 5.92 Å². The van der Waals surface area contributed by atoms with E-state index in [-0.39, 0.29) is 11.7 Å². The van der Waals surface area contributed by atoms with Gasteiger partial charge in [0.2, 0.25) is 0 Å². The van der Waals surface area contributed by atoms with Gasteiger partial charge in [-0.2, -0.15) is 0 Å². The zero-order valence-electron chi connectivity index (χ0n) is 19.7. The fourth-order valence-electron chi connectivity index (χ4n) is 4.90. The second kappa shape index (κ2) is 9.90. The molecule has 4 rings (SSSR count). The van der Waals surface area contributed by atoms with Crippen LogP contribution in [0.4, 0.5) is 0 Å². The van der Waals surface area contributed by atoms with Crippen molar-refractivity contribution in [3.05, 3.63) is 63.1 Å². The summed E-state index contributed by atoms with van der Waals surface area (Å²) in [5, 5.41) is 1.63. The van der Waals surface area contributed by atoms with Crippen LogP contribution in [-0.4, -0.2) is 17.1 Å². The number of halogens is 1. The number of rotatable bonds is 7. The van der Waals surface area contributed by atoms with Gasteiger partial charge in [0.05, 0.1) is 5.69 Å². The standard InChI is InChI=1S/C28H30ClNO2S/c1-5-25-26(23(15-31)27(32)20-7-6-16(2)12-20)30-28(33-25)21-8-10-22(17(3)13-21)19-9-11-24(29)18(4)14-19/h8-11,13-16,20,23H,5-7,12H2,1-4H3/t16-,20-,23?/m1/s1. The Kier molecular flexibility index (Phi) is 7.16. The molecule has 1 aromatic heterocycles. The molecule has 0 bridgehead atoms. The Morgan fingerprint density at radius 2 is 1.88 bits per heavy atom. The molecule has 1 heterocycles. The normalized spacial score (nSPS) is 18.9. The Bertz CT molecular complexity index is 1200. The second-order valence-corrected chi connectivity index (χ2v) is 10.8. The number of hydrogen-bond donors (Lipinski definition) is 0. The maximum Gasteiger partial charge on any atom is 0.152 e. The summed E-state index contributed by atoms with van der Waals surface area (Å²) in [6.45, 7) is 8.34. The molecule has 1 aliphatic rings. The molecule has 0 radical (unpaired) electrons. The Hall–Kier alpha value is -2.30. The number of carbonyl (C=O) groups excluding carboxylic acids is 2. The number of carbonyl (C=O) groups is 2. The SMILES string of the molecule is CCc1sc(-c2ccc(-c3ccc(Cl)c(C)c3)c(C)c2)nc1C(C=O)C(=O)[C@@H]1CC[C@@H](C)C1. The first-order valence-corrected chi connectivity index (χ1v) is 12.9. The van der Waals surface area contributed by atoms with Crippen molar-refractivity contribution in [3.8, 4) is 21.7 Å². The molecule has 1 saturated carbocycles. The molecule has 0 spiro atoms. The highest BCUT2D eigenvalue weighted by Crippen LogP contribution is 2.38. The molecular formula is C28H30ClNO2S. The van der Waals surface area contributed by atoms with Gasteiger partial charge < -0.3 is 4.79 Å². The van der Waals surface area contributed by atoms with E-state index in [1.165, 1.54) is 0 Å². The predicted octanol–water partition coefficient (Wildman–Crippen LogP) is 7.60. The third-order valence-corrected chi connectivity index (χ3v) is 8.51. The minimum atomic E-state index is -0.752. The third-order valence-electron chi connectivity index (χ3n) is 6.83. The number of Topliss-reactive ketones (excluding diaryl/α,β-unsaturated/α-hetero) is 1. The number of aryl methyl sites for hydroxylation is 3. The molecule has 0 saturated heterocycles. The van der Waals surface area contributed by atoms with Crippen molar-refractivity contribution in [1.82, 2.24) is 4.98 Å². The molecule has 2 aromatic carbocycles. The molecule has 0 aliphatic heterocycles. The number of ketones is 1. The highest BCUT2D eigenvalue weighted by molar-refractivity contribution is 7.15. The summed E-state index contributed by atoms with van der Waals surface area (Å²) in [6.07, 6.45) is 4.39. The molecule has 1 unspecified atom stereocenters. The van der Waals surface area contributed by atoms with Gasteiger partial charge in [-0.05, 0) is 85.9 Å². The molecule has 5 heteroatoms. The van der Waals surface area contributed by atoms with Crippen molar-refractivity contribution in [2.24, 2.45) is 11.8 Å². The Balaban J connectivity index is 1.66. The monoisotopic (exact) mass is 479 g/mol. The summed E-state index contributed by atoms with van der Waals surface area (Å²) in [7, 11) is 0. The molecule has 3 aromatic rings. The summed E-state index contributed by atoms with van der Waals surface area (Å²) in [5.41, 5.74) is 6.16. The number of nitrogens with zero attached hydrogens (tertiary/aromatic N) is 1. The maximum absolute atomic E-state index is 13.2. The van der Waals surface area contributed by atoms with E-state index in [0.29, 0.717) is 11.6 Å². The number of hydrogen-bond acceptors (Lipinski definition) is 4. The summed E-state index contributed by atoms with van der Waals surface area (Å²) in [5.74, 6) is -0.175. The highest BCUT2D eigenvalue weighted by Gasteiger charge is 2.35. The number of benzene rings is 2. The summed E-state index contributed by atoms with van der Waals surface area (Å²) in [6, 6.07) is 12.4. The molecule has 0 amide bonds. The zero-order valence-corrected chi connectivity index (χ0v) is 21.2. The van der Waals surface area contributed by atoms with Crippen LogP contribution in [0.2, 0.25) is 5.02 Å². The van der Waals surface area contributed by atoms with Gasteiger partial charge in [-0.25, -0.2) is 4.98 Å². The van der Waals surface area contributed by atoms with Crippen LogP contribution in [0.5, 0.6) is 0 Å². The molecule has 172 valence electrons. The average molecular weight is 480 g/mol. The topological polar surface area (TPSA) is 47.0 Å². The van der Waals surface area contributed by atoms with Crippen LogP contribution >= 0.6 is 22.9 Å². The van der Waals surface area contributed by atoms with Gasteiger partial charge in [-0.15, -0.1) is 11.3 Å². The fourth-order valence-corrected chi connectivity index (χ4v) is 6.06. The van der Waals surface area contributed by atoms with Crippen LogP contribution < -0.4 is 0 Å². The molecule has 0 N–H and O–H groups in total. The fraction of sp³-hybridized carbons (Fsp3) is 0.393. The zero-order chi connectivity index (χ0) is 23.7. The van der Waals surface area contributed by atoms with Crippen molar-refractivity contribution in [2.45, 2.75) is 59.3 Å². The quantitative estimate of drug-likeness (QED) is 0.259. The van der Waals surface area contributed by atoms with Crippen LogP contribution in [0.1, 0.15) is 60.7 Å². The van der Waals surface area contributed by atoms with Crippen molar-refractivity contribution in [1.29, 1.82) is 0 Å². The van der Waals surface area contributed by atoms with Crippen molar-refractivity contribution >= 4 is 35.0 Å². The van der Waals surface area contributed by atoms with Gasteiger partial charge in [0.1, 0.15) is 17.2 Å². The van der Waals surface area contributed by atoms with Crippen LogP contribution in [0, 0.1) is 25.7 Å². The van der Waals surface area contributed by atoms with E-state index in [1.54, 1.807) is 11.3 Å². The van der Waals surface area contributed by atoms with E-state index >= 15 is 0 Å². The van der Waals surface area contributed by atoms with Crippen LogP contribution in [-0.2, 0) is 16.0 Å². The first-order chi connectivity index (χ1) is 15.8. The van der Waals surface area contributed by atoms with Crippen molar-refractivity contribution < 1.29 is 9.59 Å². The van der Waals surface area contributed by atoms with Gasteiger partial charge in [-0.3, -0.25) is 4.79 Å². The largest absolute Gasteiger partial charge is 0.302 e. The van der Waals surface area contributed by atoms with Crippen molar-refractivity contribution in [3.63, 3.8) is 0 Å². The van der Waals surface area contributed by atoms with Gasteiger partial charge in [0.25, 0.3) is 0 Å². The van der Waals surface area contributed by atoms with E-state index in [2.05, 4.69) is 45.0 Å². The van der Waals surface area contributed by atoms with E-state index in [1.807, 2.05) is 19.1 Å². The lowest BCUT2D eigenvalue weighted by atomic mass is 9.89. The summed E-state index contributed by atoms with van der Waals surface area (Å²) >= 11 is 7.79. The van der Waals surface area contributed by atoms with Crippen LogP contribution in [0.25, 0.3) is 21.7 Å². The van der Waals surface area contributed by atoms with Crippen LogP contribution in [0.15, 0.2) is 36.4 Å². The average Bonchev–Trinajstić information content (AvgIpc) is 3.42. The lowest BCUT2D eigenvalue weighted by Gasteiger charge is -2.14. The number of aldehydes is 1. The van der Waals surface area contributed by atoms with Gasteiger partial charge in [-0.1, -0.05) is 43.6 Å². The van der Waals surface area contributed by atoms with Gasteiger partial charge in [0.15, 0.2) is 5.78 Å². The Labute approximate surface area is 205 Å². The minimum Gasteiger partial charge on any atom is -0.302 e. The highest BCUT2D eigenvalue weighted by atomic mass is 35.5. The first-order valence-electron chi connectivity index (χ1n) is 11.7. The molecular weight excluding hydrogens is 450 g/mol. The molecule has 3 nitrogen and oxygen atoms in total. The molecule has 3 atom stereocenters. The molecule has 1 fully saturated rings. The lowest BCUT2D eigenvalue weighted by molar-refractivity contribution is -0.127. The summed E-state index contributed by atoms with van der Waals surface area (Å²) < 4.78 is 0. The van der Waals surface area contributed by atoms with Crippen LogP contribution in [0.3, 0.4) is 0 Å². The van der Waals surface area contributed by atoms with E-state index in [0.717, 1.165) is 74.7 Å². The van der Waals surface area contributed by atoms with Gasteiger partial charge in [0, 0.05) is 21.4 Å². The summed E-state index contributed by atoms with van der Waals surface area (Å²) in [4.78, 5) is 31.1. The minimum absolute atomic E-state index is 0.0191. The lowest BCUT2D eigenvalue weighted by Crippen LogP contribution is -2.22. The Morgan fingerprint density at radius 1 is 1.15 bits per heavy atom. The van der Waals surface area contributed by atoms with E-state index in [4.69, 9.17) is 16.6 Å². The molecule has 1 aliphatic carbocycles. The maximum atomic E-state index is 13.2. The number of aromatic nitrogens is 1. The molecule has 33 heavy (non-hydrogen) atoms. The second-order valence-electron chi connectivity index (χ2n) is 9.31. The Morgan fingerprint density at radius 3 is 2.48 bits per heavy atom. The first kappa shape index (κ1) is 23.8. The number of thiazole rings is 1. The van der Waals surface area contributed by atoms with E-state index in [9.17, 15) is 9.59 Å². The van der Waals surface area contributed by atoms with Crippen molar-refractivity contribution in [2.75, 3.05) is 0 Å². The van der Waals surface area contributed by atoms with Gasteiger partial charge >= 0.3 is 0 Å². The third kappa shape index (κ3) is 4.83. The smallest absolute Gasteiger partial charge is 0.152 e. The predicted molar refractivity (Wildman–Crippen MR) is 137 cm³/mol.